The molecule has 0 amide bonds. The molecule has 0 saturated carbocycles. The Morgan fingerprint density at radius 2 is 1.50 bits per heavy atom. The molecule has 0 fully saturated rings. The van der Waals surface area contributed by atoms with Gasteiger partial charge in [-0.15, -0.1) is 0 Å². The molecule has 1 heterocycles. The molecule has 0 aliphatic carbocycles. The molecule has 2 heteroatoms. The second kappa shape index (κ2) is 3.13. The summed E-state index contributed by atoms with van der Waals surface area (Å²) in [5, 5.41) is 0. The fraction of sp³-hybridized carbons (Fsp3) is 0. The summed E-state index contributed by atoms with van der Waals surface area (Å²) in [5.41, 5.74) is 0. The summed E-state index contributed by atoms with van der Waals surface area (Å²) in [6, 6.07) is 3.78. The Kier molecular flexibility index (Phi) is 3.10. The zero-order valence-electron chi connectivity index (χ0n) is 3.09. The maximum atomic E-state index is 3.72. The van der Waals surface area contributed by atoms with Crippen LogP contribution in [-0.4, -0.2) is 0 Å². The normalized spacial score (nSPS) is 6.67. The first-order chi connectivity index (χ1) is 2.50. The fourth-order valence-corrected chi connectivity index (χ4v) is 0.248. The van der Waals surface area contributed by atoms with Gasteiger partial charge in [0.15, 0.2) is 0 Å². The Labute approximate surface area is 50.1 Å². The first kappa shape index (κ1) is 5.93. The van der Waals surface area contributed by atoms with Gasteiger partial charge in [-0.2, -0.15) is 12.4 Å². The molecule has 0 saturated heterocycles. The van der Waals surface area contributed by atoms with Crippen LogP contribution < -0.4 is 4.98 Å². The van der Waals surface area contributed by atoms with Crippen molar-refractivity contribution >= 4 is 0 Å². The summed E-state index contributed by atoms with van der Waals surface area (Å²) < 4.78 is 0. The minimum absolute atomic E-state index is 0. The number of rotatable bonds is 0. The van der Waals surface area contributed by atoms with Gasteiger partial charge in [0.1, 0.15) is 0 Å². The maximum absolute atomic E-state index is 3.72. The third-order valence-corrected chi connectivity index (χ3v) is 0.455. The summed E-state index contributed by atoms with van der Waals surface area (Å²) in [6.45, 7) is 0. The average molecular weight is 258 g/mol. The average Bonchev–Trinajstić information content (AvgIpc) is 1.76. The van der Waals surface area contributed by atoms with Crippen molar-refractivity contribution in [2.75, 3.05) is 0 Å². The molecular weight excluding hydrogens is 254 g/mol. The quantitative estimate of drug-likeness (QED) is 0.666. The Bertz CT molecular complexity index is 64.0. The molecule has 0 N–H and O–H groups in total. The van der Waals surface area contributed by atoms with Crippen LogP contribution in [0.1, 0.15) is 0 Å². The molecule has 1 rings (SSSR count). The van der Waals surface area contributed by atoms with Gasteiger partial charge in [-0.25, -0.2) is 0 Å². The summed E-state index contributed by atoms with van der Waals surface area (Å²) >= 11 is 0. The monoisotopic (exact) mass is 259 g/mol. The molecule has 0 bridgehead atoms. The van der Waals surface area contributed by atoms with Crippen LogP contribution in [-0.2, 0) is 20.1 Å². The van der Waals surface area contributed by atoms with Crippen molar-refractivity contribution in [3.8, 4) is 0 Å². The van der Waals surface area contributed by atoms with Crippen LogP contribution in [0.4, 0.5) is 0 Å². The molecule has 6 heavy (non-hydrogen) atoms. The van der Waals surface area contributed by atoms with E-state index >= 15 is 0 Å². The molecule has 0 aliphatic heterocycles. The van der Waals surface area contributed by atoms with Crippen molar-refractivity contribution < 1.29 is 20.1 Å². The van der Waals surface area contributed by atoms with Crippen molar-refractivity contribution in [1.82, 2.24) is 4.98 Å². The Balaban J connectivity index is 0.000000250. The maximum Gasteiger partial charge on any atom is 0 e. The minimum Gasteiger partial charge on any atom is -0.670 e. The Morgan fingerprint density at radius 3 is 1.67 bits per heavy atom. The van der Waals surface area contributed by atoms with Gasteiger partial charge in [0.05, 0.1) is 0 Å². The van der Waals surface area contributed by atoms with Gasteiger partial charge < -0.3 is 4.98 Å². The van der Waals surface area contributed by atoms with Crippen molar-refractivity contribution in [2.24, 2.45) is 0 Å². The molecule has 0 unspecified atom stereocenters. The van der Waals surface area contributed by atoms with Crippen LogP contribution >= 0.6 is 0 Å². The van der Waals surface area contributed by atoms with E-state index in [1.165, 1.54) is 0 Å². The van der Waals surface area contributed by atoms with E-state index in [1.54, 1.807) is 12.4 Å². The largest absolute Gasteiger partial charge is 0.670 e. The third-order valence-electron chi connectivity index (χ3n) is 0.455. The molecule has 1 nitrogen and oxygen atoms in total. The van der Waals surface area contributed by atoms with Crippen molar-refractivity contribution in [3.05, 3.63) is 24.5 Å². The molecule has 1 radical (unpaired) electrons. The van der Waals surface area contributed by atoms with Crippen LogP contribution in [0.25, 0.3) is 0 Å². The second-order valence-corrected chi connectivity index (χ2v) is 0.832. The molecular formula is C4H4IrN-. The van der Waals surface area contributed by atoms with E-state index < -0.39 is 0 Å². The van der Waals surface area contributed by atoms with E-state index in [1.807, 2.05) is 12.1 Å². The van der Waals surface area contributed by atoms with E-state index in [9.17, 15) is 0 Å². The first-order valence-electron chi connectivity index (χ1n) is 1.52. The number of hydrogen-bond acceptors (Lipinski definition) is 0. The van der Waals surface area contributed by atoms with Gasteiger partial charge >= 0.3 is 0 Å². The SMILES string of the molecule is [Ir].c1cc[n-]c1. The van der Waals surface area contributed by atoms with Gasteiger partial charge in [0, 0.05) is 20.1 Å². The van der Waals surface area contributed by atoms with Gasteiger partial charge in [-0.1, -0.05) is 12.1 Å². The van der Waals surface area contributed by atoms with E-state index in [0.717, 1.165) is 0 Å². The number of hydrogen-bond donors (Lipinski definition) is 0. The van der Waals surface area contributed by atoms with Crippen LogP contribution in [0.5, 0.6) is 0 Å². The van der Waals surface area contributed by atoms with Crippen molar-refractivity contribution in [3.63, 3.8) is 0 Å². The molecule has 1 aromatic heterocycles. The topological polar surface area (TPSA) is 14.1 Å². The summed E-state index contributed by atoms with van der Waals surface area (Å²) in [6.07, 6.45) is 3.50. The second-order valence-electron chi connectivity index (χ2n) is 0.832. The van der Waals surface area contributed by atoms with Gasteiger partial charge in [-0.05, 0) is 0 Å². The Hall–Kier alpha value is -0.0706. The van der Waals surface area contributed by atoms with Gasteiger partial charge in [0.25, 0.3) is 0 Å². The zero-order valence-corrected chi connectivity index (χ0v) is 5.49. The molecule has 0 atom stereocenters. The number of aromatic nitrogens is 1. The third kappa shape index (κ3) is 1.39. The fourth-order valence-electron chi connectivity index (χ4n) is 0.248. The van der Waals surface area contributed by atoms with Crippen molar-refractivity contribution in [2.45, 2.75) is 0 Å². The summed E-state index contributed by atoms with van der Waals surface area (Å²) in [5.74, 6) is 0. The van der Waals surface area contributed by atoms with E-state index in [4.69, 9.17) is 0 Å². The van der Waals surface area contributed by atoms with E-state index in [2.05, 4.69) is 4.98 Å². The number of nitrogens with zero attached hydrogens (tertiary/aromatic N) is 1. The predicted molar refractivity (Wildman–Crippen MR) is 19.8 cm³/mol. The smallest absolute Gasteiger partial charge is 0 e. The van der Waals surface area contributed by atoms with E-state index in [0.29, 0.717) is 0 Å². The molecule has 0 aliphatic rings. The van der Waals surface area contributed by atoms with E-state index in [-0.39, 0.29) is 20.1 Å². The predicted octanol–water partition coefficient (Wildman–Crippen LogP) is 0.641. The van der Waals surface area contributed by atoms with Gasteiger partial charge in [0.2, 0.25) is 0 Å². The molecule has 35 valence electrons. The van der Waals surface area contributed by atoms with Crippen LogP contribution in [0.15, 0.2) is 24.5 Å². The van der Waals surface area contributed by atoms with Crippen molar-refractivity contribution in [1.29, 1.82) is 0 Å². The summed E-state index contributed by atoms with van der Waals surface area (Å²) in [4.78, 5) is 3.72. The first-order valence-corrected chi connectivity index (χ1v) is 1.52. The zero-order chi connectivity index (χ0) is 3.54. The standard InChI is InChI=1S/C4H4N.Ir/c1-2-4-5-3-1;/h1-4H;/q-1;. The molecule has 0 aromatic carbocycles. The van der Waals surface area contributed by atoms with Crippen LogP contribution in [0, 0.1) is 0 Å². The molecule has 0 spiro atoms. The summed E-state index contributed by atoms with van der Waals surface area (Å²) in [7, 11) is 0. The van der Waals surface area contributed by atoms with Gasteiger partial charge in [-0.3, -0.25) is 0 Å². The molecule has 1 aromatic rings. The Morgan fingerprint density at radius 1 is 1.00 bits per heavy atom. The minimum atomic E-state index is 0. The van der Waals surface area contributed by atoms with Crippen LogP contribution in [0.3, 0.4) is 0 Å². The van der Waals surface area contributed by atoms with Crippen LogP contribution in [0.2, 0.25) is 0 Å².